The van der Waals surface area contributed by atoms with Gasteiger partial charge in [0.1, 0.15) is 17.8 Å². The molecule has 120 valence electrons. The Kier molecular flexibility index (Phi) is 4.94. The first kappa shape index (κ1) is 16.9. The third-order valence-electron chi connectivity index (χ3n) is 3.27. The molecule has 0 radical (unpaired) electrons. The molecule has 1 aromatic heterocycles. The van der Waals surface area contributed by atoms with E-state index in [0.29, 0.717) is 11.8 Å². The standard InChI is InChI=1S/C19H21NO3/c1-13-10-15(8-9-20-13)14-6-5-7-16(11-14)17(12-21)18(22)23-19(2,3)4/h5-12,17H,1-4H3. The second-order valence-electron chi connectivity index (χ2n) is 6.46. The molecule has 4 heteroatoms. The van der Waals surface area contributed by atoms with E-state index >= 15 is 0 Å². The molecule has 0 aliphatic heterocycles. The lowest BCUT2D eigenvalue weighted by molar-refractivity contribution is -0.157. The highest BCUT2D eigenvalue weighted by molar-refractivity contribution is 5.94. The summed E-state index contributed by atoms with van der Waals surface area (Å²) in [7, 11) is 0. The van der Waals surface area contributed by atoms with Crippen LogP contribution in [0.4, 0.5) is 0 Å². The van der Waals surface area contributed by atoms with Crippen molar-refractivity contribution in [1.82, 2.24) is 4.98 Å². The van der Waals surface area contributed by atoms with E-state index in [4.69, 9.17) is 4.74 Å². The highest BCUT2D eigenvalue weighted by Crippen LogP contribution is 2.25. The van der Waals surface area contributed by atoms with E-state index in [1.807, 2.05) is 37.3 Å². The molecule has 0 saturated carbocycles. The first-order valence-corrected chi connectivity index (χ1v) is 7.51. The fraction of sp³-hybridized carbons (Fsp3) is 0.316. The first-order chi connectivity index (χ1) is 10.8. The van der Waals surface area contributed by atoms with Crippen molar-refractivity contribution >= 4 is 12.3 Å². The Balaban J connectivity index is 2.34. The molecule has 4 nitrogen and oxygen atoms in total. The van der Waals surface area contributed by atoms with Crippen molar-refractivity contribution in [3.05, 3.63) is 53.9 Å². The molecule has 1 atom stereocenters. The molecule has 0 saturated heterocycles. The number of aromatic nitrogens is 1. The first-order valence-electron chi connectivity index (χ1n) is 7.51. The molecular formula is C19H21NO3. The van der Waals surface area contributed by atoms with E-state index in [1.54, 1.807) is 33.0 Å². The summed E-state index contributed by atoms with van der Waals surface area (Å²) < 4.78 is 5.33. The van der Waals surface area contributed by atoms with Crippen LogP contribution in [0.1, 0.15) is 37.9 Å². The number of hydrogen-bond acceptors (Lipinski definition) is 4. The summed E-state index contributed by atoms with van der Waals surface area (Å²) >= 11 is 0. The van der Waals surface area contributed by atoms with Gasteiger partial charge in [-0.15, -0.1) is 0 Å². The molecule has 0 bridgehead atoms. The van der Waals surface area contributed by atoms with Crippen LogP contribution in [-0.2, 0) is 14.3 Å². The zero-order valence-corrected chi connectivity index (χ0v) is 13.9. The normalized spacial score (nSPS) is 12.5. The number of carbonyl (C=O) groups excluding carboxylic acids is 2. The van der Waals surface area contributed by atoms with Gasteiger partial charge in [0.2, 0.25) is 0 Å². The quantitative estimate of drug-likeness (QED) is 0.491. The average Bonchev–Trinajstić information content (AvgIpc) is 2.46. The Hall–Kier alpha value is -2.49. The van der Waals surface area contributed by atoms with Gasteiger partial charge in [-0.2, -0.15) is 0 Å². The van der Waals surface area contributed by atoms with Crippen LogP contribution >= 0.6 is 0 Å². The Labute approximate surface area is 136 Å². The van der Waals surface area contributed by atoms with Crippen molar-refractivity contribution < 1.29 is 14.3 Å². The van der Waals surface area contributed by atoms with Crippen LogP contribution in [0.5, 0.6) is 0 Å². The zero-order valence-electron chi connectivity index (χ0n) is 13.9. The molecule has 1 unspecified atom stereocenters. The van der Waals surface area contributed by atoms with Crippen molar-refractivity contribution in [2.45, 2.75) is 39.2 Å². The summed E-state index contributed by atoms with van der Waals surface area (Å²) in [5.41, 5.74) is 2.84. The predicted octanol–water partition coefficient (Wildman–Crippen LogP) is 3.68. The summed E-state index contributed by atoms with van der Waals surface area (Å²) in [5, 5.41) is 0. The van der Waals surface area contributed by atoms with Crippen LogP contribution in [0, 0.1) is 6.92 Å². The Morgan fingerprint density at radius 2 is 1.87 bits per heavy atom. The minimum Gasteiger partial charge on any atom is -0.459 e. The molecule has 2 rings (SSSR count). The Morgan fingerprint density at radius 3 is 2.48 bits per heavy atom. The van der Waals surface area contributed by atoms with Crippen LogP contribution in [-0.4, -0.2) is 22.8 Å². The topological polar surface area (TPSA) is 56.3 Å². The maximum absolute atomic E-state index is 12.2. The minimum atomic E-state index is -0.919. The maximum Gasteiger partial charge on any atom is 0.321 e. The monoisotopic (exact) mass is 311 g/mol. The molecule has 0 spiro atoms. The number of benzene rings is 1. The number of pyridine rings is 1. The van der Waals surface area contributed by atoms with Gasteiger partial charge < -0.3 is 9.53 Å². The summed E-state index contributed by atoms with van der Waals surface area (Å²) in [6, 6.07) is 11.2. The van der Waals surface area contributed by atoms with Crippen LogP contribution in [0.2, 0.25) is 0 Å². The molecule has 0 aliphatic rings. The third kappa shape index (κ3) is 4.49. The molecule has 1 aromatic carbocycles. The van der Waals surface area contributed by atoms with Crippen molar-refractivity contribution in [2.24, 2.45) is 0 Å². The van der Waals surface area contributed by atoms with Crippen LogP contribution in [0.25, 0.3) is 11.1 Å². The lowest BCUT2D eigenvalue weighted by atomic mass is 9.96. The Bertz CT molecular complexity index is 717. The van der Waals surface area contributed by atoms with Gasteiger partial charge in [-0.05, 0) is 62.6 Å². The van der Waals surface area contributed by atoms with Crippen LogP contribution < -0.4 is 0 Å². The second-order valence-corrected chi connectivity index (χ2v) is 6.46. The van der Waals surface area contributed by atoms with Gasteiger partial charge in [0.25, 0.3) is 0 Å². The van der Waals surface area contributed by atoms with Gasteiger partial charge >= 0.3 is 5.97 Å². The van der Waals surface area contributed by atoms with Crippen LogP contribution in [0.3, 0.4) is 0 Å². The van der Waals surface area contributed by atoms with Crippen molar-refractivity contribution in [3.8, 4) is 11.1 Å². The average molecular weight is 311 g/mol. The van der Waals surface area contributed by atoms with Gasteiger partial charge in [-0.1, -0.05) is 18.2 Å². The smallest absolute Gasteiger partial charge is 0.321 e. The van der Waals surface area contributed by atoms with E-state index in [1.165, 1.54) is 0 Å². The number of hydrogen-bond donors (Lipinski definition) is 0. The van der Waals surface area contributed by atoms with Gasteiger partial charge in [0.15, 0.2) is 0 Å². The SMILES string of the molecule is Cc1cc(-c2cccc(C(C=O)C(=O)OC(C)(C)C)c2)ccn1. The van der Waals surface area contributed by atoms with Crippen molar-refractivity contribution in [3.63, 3.8) is 0 Å². The number of aryl methyl sites for hydroxylation is 1. The summed E-state index contributed by atoms with van der Waals surface area (Å²) in [6.45, 7) is 7.26. The largest absolute Gasteiger partial charge is 0.459 e. The number of rotatable bonds is 4. The molecule has 2 aromatic rings. The fourth-order valence-electron chi connectivity index (χ4n) is 2.27. The summed E-state index contributed by atoms with van der Waals surface area (Å²) in [4.78, 5) is 27.8. The maximum atomic E-state index is 12.2. The lowest BCUT2D eigenvalue weighted by Gasteiger charge is -2.22. The number of carbonyl (C=O) groups is 2. The summed E-state index contributed by atoms with van der Waals surface area (Å²) in [6.07, 6.45) is 2.37. The van der Waals surface area contributed by atoms with E-state index in [2.05, 4.69) is 4.98 Å². The van der Waals surface area contributed by atoms with Gasteiger partial charge in [0.05, 0.1) is 0 Å². The molecule has 0 aliphatic carbocycles. The summed E-state index contributed by atoms with van der Waals surface area (Å²) in [5.74, 6) is -1.45. The van der Waals surface area contributed by atoms with E-state index in [-0.39, 0.29) is 0 Å². The van der Waals surface area contributed by atoms with E-state index in [0.717, 1.165) is 16.8 Å². The van der Waals surface area contributed by atoms with Crippen molar-refractivity contribution in [1.29, 1.82) is 0 Å². The highest BCUT2D eigenvalue weighted by atomic mass is 16.6. The lowest BCUT2D eigenvalue weighted by Crippen LogP contribution is -2.28. The molecule has 0 amide bonds. The zero-order chi connectivity index (χ0) is 17.0. The molecule has 0 fully saturated rings. The Morgan fingerprint density at radius 1 is 1.17 bits per heavy atom. The molecule has 23 heavy (non-hydrogen) atoms. The van der Waals surface area contributed by atoms with Crippen LogP contribution in [0.15, 0.2) is 42.6 Å². The van der Waals surface area contributed by atoms with Crippen molar-refractivity contribution in [2.75, 3.05) is 0 Å². The highest BCUT2D eigenvalue weighted by Gasteiger charge is 2.26. The molecule has 1 heterocycles. The fourth-order valence-corrected chi connectivity index (χ4v) is 2.27. The minimum absolute atomic E-state index is 0.532. The number of nitrogens with zero attached hydrogens (tertiary/aromatic N) is 1. The number of esters is 1. The van der Waals surface area contributed by atoms with Gasteiger partial charge in [-0.3, -0.25) is 9.78 Å². The van der Waals surface area contributed by atoms with E-state index < -0.39 is 17.5 Å². The molecule has 0 N–H and O–H groups in total. The van der Waals surface area contributed by atoms with Gasteiger partial charge in [0, 0.05) is 11.9 Å². The predicted molar refractivity (Wildman–Crippen MR) is 89.1 cm³/mol. The third-order valence-corrected chi connectivity index (χ3v) is 3.27. The molecular weight excluding hydrogens is 290 g/mol. The van der Waals surface area contributed by atoms with Gasteiger partial charge in [-0.25, -0.2) is 0 Å². The van der Waals surface area contributed by atoms with E-state index in [9.17, 15) is 9.59 Å². The number of aldehydes is 1. The second kappa shape index (κ2) is 6.73. The number of ether oxygens (including phenoxy) is 1.